The third-order valence-corrected chi connectivity index (χ3v) is 0.552. The molecule has 68 valence electrons. The van der Waals surface area contributed by atoms with Crippen LogP contribution in [0.15, 0.2) is 18.5 Å². The molecule has 0 spiro atoms. The number of hydrogen-bond acceptors (Lipinski definition) is 5. The van der Waals surface area contributed by atoms with Crippen LogP contribution >= 0.6 is 0 Å². The van der Waals surface area contributed by atoms with Crippen molar-refractivity contribution in [2.24, 2.45) is 0 Å². The predicted molar refractivity (Wildman–Crippen MR) is 37.9 cm³/mol. The summed E-state index contributed by atoms with van der Waals surface area (Å²) in [4.78, 5) is 6.85. The lowest BCUT2D eigenvalue weighted by atomic mass is 10.7. The summed E-state index contributed by atoms with van der Waals surface area (Å²) in [6.45, 7) is 0. The van der Waals surface area contributed by atoms with Crippen LogP contribution in [-0.2, 0) is 10.4 Å². The van der Waals surface area contributed by atoms with Crippen molar-refractivity contribution in [3.05, 3.63) is 18.5 Å². The van der Waals surface area contributed by atoms with E-state index in [1.54, 1.807) is 6.07 Å². The van der Waals surface area contributed by atoms with Crippen LogP contribution in [0.4, 0.5) is 0 Å². The van der Waals surface area contributed by atoms with Gasteiger partial charge in [0.25, 0.3) is 0 Å². The molecule has 0 aromatic carbocycles. The molecule has 1 aromatic rings. The smallest absolute Gasteiger partial charge is 0.394 e. The Hall–Kier alpha value is -1.25. The lowest BCUT2D eigenvalue weighted by molar-refractivity contribution is 0.381. The van der Waals surface area contributed by atoms with Gasteiger partial charge in [0.1, 0.15) is 0 Å². The molecule has 1 rings (SSSR count). The second kappa shape index (κ2) is 4.59. The number of rotatable bonds is 0. The second-order valence-corrected chi connectivity index (χ2v) is 2.39. The molecule has 1 heterocycles. The van der Waals surface area contributed by atoms with E-state index in [4.69, 9.17) is 22.6 Å². The molecule has 0 aliphatic heterocycles. The molecule has 0 saturated carbocycles. The van der Waals surface area contributed by atoms with Crippen LogP contribution in [0.2, 0.25) is 0 Å². The lowest BCUT2D eigenvalue weighted by Crippen LogP contribution is -1.89. The number of aromatic nitrogens is 2. The molecule has 0 radical (unpaired) electrons. The first kappa shape index (κ1) is 10.8. The summed E-state index contributed by atoms with van der Waals surface area (Å²) < 4.78 is 31.6. The van der Waals surface area contributed by atoms with Gasteiger partial charge in [-0.25, -0.2) is 9.97 Å². The predicted octanol–water partition coefficient (Wildman–Crippen LogP) is -0.471. The monoisotopic (exact) mass is 194 g/mol. The third kappa shape index (κ3) is 11.5. The van der Waals surface area contributed by atoms with Crippen LogP contribution in [0.25, 0.3) is 0 Å². The molecule has 0 fully saturated rings. The van der Waals surface area contributed by atoms with Gasteiger partial charge >= 0.3 is 16.4 Å². The Bertz CT molecular complexity index is 301. The minimum absolute atomic E-state index is 0.178. The molecule has 0 aliphatic carbocycles. The zero-order chi connectivity index (χ0) is 9.61. The highest BCUT2D eigenvalue weighted by Gasteiger charge is 1.84. The van der Waals surface area contributed by atoms with Crippen molar-refractivity contribution in [1.82, 2.24) is 9.97 Å². The van der Waals surface area contributed by atoms with Gasteiger partial charge in [0.15, 0.2) is 0 Å². The molecule has 3 N–H and O–H groups in total. The van der Waals surface area contributed by atoms with Crippen LogP contribution in [0.3, 0.4) is 0 Å². The van der Waals surface area contributed by atoms with Crippen LogP contribution in [0.5, 0.6) is 6.01 Å². The van der Waals surface area contributed by atoms with E-state index >= 15 is 0 Å². The maximum absolute atomic E-state index is 8.74. The topological polar surface area (TPSA) is 121 Å². The van der Waals surface area contributed by atoms with Gasteiger partial charge in [0.05, 0.1) is 0 Å². The van der Waals surface area contributed by atoms with Crippen LogP contribution in [0, 0.1) is 0 Å². The number of nitrogens with zero attached hydrogens (tertiary/aromatic N) is 2. The molecule has 0 atom stereocenters. The van der Waals surface area contributed by atoms with E-state index in [-0.39, 0.29) is 6.01 Å². The van der Waals surface area contributed by atoms with Crippen LogP contribution < -0.4 is 0 Å². The van der Waals surface area contributed by atoms with E-state index in [2.05, 4.69) is 9.97 Å². The molecule has 8 heteroatoms. The van der Waals surface area contributed by atoms with Crippen molar-refractivity contribution < 1.29 is 22.6 Å². The summed E-state index contributed by atoms with van der Waals surface area (Å²) in [6.07, 6.45) is 2.95. The quantitative estimate of drug-likeness (QED) is 0.477. The van der Waals surface area contributed by atoms with Crippen molar-refractivity contribution in [1.29, 1.82) is 0 Å². The highest BCUT2D eigenvalue weighted by Crippen LogP contribution is 1.89. The lowest BCUT2D eigenvalue weighted by Gasteiger charge is -1.80. The Morgan fingerprint density at radius 2 is 1.50 bits per heavy atom. The summed E-state index contributed by atoms with van der Waals surface area (Å²) >= 11 is 0. The average molecular weight is 194 g/mol. The highest BCUT2D eigenvalue weighted by atomic mass is 32.3. The molecular weight excluding hydrogens is 188 g/mol. The molecule has 0 aliphatic rings. The molecule has 0 amide bonds. The third-order valence-electron chi connectivity index (χ3n) is 0.552. The first-order valence-electron chi connectivity index (χ1n) is 2.55. The van der Waals surface area contributed by atoms with Crippen molar-refractivity contribution in [2.75, 3.05) is 0 Å². The van der Waals surface area contributed by atoms with E-state index < -0.39 is 10.4 Å². The van der Waals surface area contributed by atoms with Crippen molar-refractivity contribution >= 4 is 10.4 Å². The Kier molecular flexibility index (Phi) is 4.11. The van der Waals surface area contributed by atoms with E-state index in [9.17, 15) is 0 Å². The van der Waals surface area contributed by atoms with Gasteiger partial charge in [-0.1, -0.05) is 0 Å². The molecule has 0 bridgehead atoms. The van der Waals surface area contributed by atoms with Crippen LogP contribution in [-0.4, -0.2) is 32.6 Å². The normalized spacial score (nSPS) is 9.83. The molecule has 0 saturated heterocycles. The first-order chi connectivity index (χ1) is 5.39. The van der Waals surface area contributed by atoms with Gasteiger partial charge in [-0.15, -0.1) is 0 Å². The van der Waals surface area contributed by atoms with Gasteiger partial charge in [0, 0.05) is 12.4 Å². The van der Waals surface area contributed by atoms with Gasteiger partial charge in [0.2, 0.25) is 0 Å². The molecule has 12 heavy (non-hydrogen) atoms. The minimum Gasteiger partial charge on any atom is -0.479 e. The zero-order valence-corrected chi connectivity index (χ0v) is 6.51. The molecule has 7 nitrogen and oxygen atoms in total. The second-order valence-electron chi connectivity index (χ2n) is 1.50. The van der Waals surface area contributed by atoms with E-state index in [0.29, 0.717) is 0 Å². The summed E-state index contributed by atoms with van der Waals surface area (Å²) in [7, 11) is -4.67. The standard InChI is InChI=1S/C4H4N2O.H2O4S/c7-4-5-2-1-3-6-4;1-5(2,3)4/h1-3H,(H,5,6,7);(H2,1,2,3,4). The SMILES string of the molecule is O=S(=O)(O)O.Oc1ncccn1. The molecule has 0 unspecified atom stereocenters. The summed E-state index contributed by atoms with van der Waals surface area (Å²) in [5.74, 6) is 0. The Balaban J connectivity index is 0.000000217. The average Bonchev–Trinajstić information content (AvgIpc) is 1.85. The van der Waals surface area contributed by atoms with Gasteiger partial charge < -0.3 is 5.11 Å². The number of hydrogen-bond donors (Lipinski definition) is 3. The van der Waals surface area contributed by atoms with Gasteiger partial charge in [-0.2, -0.15) is 8.42 Å². The van der Waals surface area contributed by atoms with Crippen molar-refractivity contribution in [3.8, 4) is 6.01 Å². The maximum atomic E-state index is 8.74. The number of aromatic hydroxyl groups is 1. The summed E-state index contributed by atoms with van der Waals surface area (Å²) in [5.41, 5.74) is 0. The zero-order valence-electron chi connectivity index (χ0n) is 5.69. The van der Waals surface area contributed by atoms with Gasteiger partial charge in [-0.05, 0) is 6.07 Å². The largest absolute Gasteiger partial charge is 0.479 e. The molecule has 1 aromatic heterocycles. The van der Waals surface area contributed by atoms with E-state index in [1.165, 1.54) is 12.4 Å². The van der Waals surface area contributed by atoms with Gasteiger partial charge in [-0.3, -0.25) is 9.11 Å². The van der Waals surface area contributed by atoms with Crippen LogP contribution in [0.1, 0.15) is 0 Å². The highest BCUT2D eigenvalue weighted by molar-refractivity contribution is 7.79. The Morgan fingerprint density at radius 3 is 1.67 bits per heavy atom. The minimum atomic E-state index is -4.67. The van der Waals surface area contributed by atoms with Crippen molar-refractivity contribution in [3.63, 3.8) is 0 Å². The fourth-order valence-corrected chi connectivity index (χ4v) is 0.291. The Labute approximate surface area is 68.3 Å². The fraction of sp³-hybridized carbons (Fsp3) is 0. The summed E-state index contributed by atoms with van der Waals surface area (Å²) in [5, 5.41) is 8.41. The maximum Gasteiger partial charge on any atom is 0.394 e. The fourth-order valence-electron chi connectivity index (χ4n) is 0.291. The Morgan fingerprint density at radius 1 is 1.17 bits per heavy atom. The van der Waals surface area contributed by atoms with E-state index in [0.717, 1.165) is 0 Å². The summed E-state index contributed by atoms with van der Waals surface area (Å²) in [6, 6.07) is 1.46. The van der Waals surface area contributed by atoms with Crippen molar-refractivity contribution in [2.45, 2.75) is 0 Å². The first-order valence-corrected chi connectivity index (χ1v) is 3.95. The van der Waals surface area contributed by atoms with E-state index in [1.807, 2.05) is 0 Å². The molecular formula is C4H6N2O5S.